The van der Waals surface area contributed by atoms with E-state index >= 15 is 0 Å². The molecule has 31 heavy (non-hydrogen) atoms. The molecule has 2 fully saturated rings. The number of nitrogens with zero attached hydrogens (tertiary/aromatic N) is 4. The number of amides is 1. The van der Waals surface area contributed by atoms with Gasteiger partial charge in [0.1, 0.15) is 12.1 Å². The number of anilines is 2. The Morgan fingerprint density at radius 3 is 2.55 bits per heavy atom. The maximum atomic E-state index is 13.4. The van der Waals surface area contributed by atoms with Crippen LogP contribution in [0.15, 0.2) is 23.6 Å². The molecule has 2 unspecified atom stereocenters. The quantitative estimate of drug-likeness (QED) is 0.361. The van der Waals surface area contributed by atoms with E-state index in [0.29, 0.717) is 37.6 Å². The molecule has 14 heteroatoms. The van der Waals surface area contributed by atoms with Crippen molar-refractivity contribution in [2.45, 2.75) is 18.5 Å². The van der Waals surface area contributed by atoms with Crippen LogP contribution in [0.3, 0.4) is 0 Å². The molecule has 0 bridgehead atoms. The second kappa shape index (κ2) is 9.91. The summed E-state index contributed by atoms with van der Waals surface area (Å²) in [6, 6.07) is 1.71. The molecule has 5 N–H and O–H groups in total. The van der Waals surface area contributed by atoms with Crippen LogP contribution in [0, 0.1) is 10.8 Å². The summed E-state index contributed by atoms with van der Waals surface area (Å²) >= 11 is 0. The average molecular weight is 459 g/mol. The summed E-state index contributed by atoms with van der Waals surface area (Å²) in [7, 11) is -3.27. The van der Waals surface area contributed by atoms with Crippen LogP contribution in [0.2, 0.25) is 0 Å². The van der Waals surface area contributed by atoms with Crippen molar-refractivity contribution in [2.75, 3.05) is 55.7 Å². The fraction of sp³-hybridized carbons (Fsp3) is 0.647. The number of nitrogens with one attached hydrogen (secondary N) is 3. The van der Waals surface area contributed by atoms with Crippen molar-refractivity contribution in [3.05, 3.63) is 23.4 Å². The normalized spacial score (nSPS) is 24.9. The molecule has 0 aliphatic carbocycles. The number of pyridine rings is 1. The summed E-state index contributed by atoms with van der Waals surface area (Å²) in [5, 5.41) is 11.2. The second-order valence-electron chi connectivity index (χ2n) is 7.54. The van der Waals surface area contributed by atoms with E-state index in [-0.39, 0.29) is 13.1 Å². The van der Waals surface area contributed by atoms with E-state index in [1.807, 2.05) is 4.90 Å². The van der Waals surface area contributed by atoms with Crippen LogP contribution in [-0.4, -0.2) is 87.6 Å². The van der Waals surface area contributed by atoms with Gasteiger partial charge in [0.25, 0.3) is 0 Å². The molecule has 2 aliphatic heterocycles. The highest BCUT2D eigenvalue weighted by molar-refractivity contribution is 7.88. The van der Waals surface area contributed by atoms with Crippen molar-refractivity contribution in [1.82, 2.24) is 19.9 Å². The monoisotopic (exact) mass is 458 g/mol. The van der Waals surface area contributed by atoms with Gasteiger partial charge in [0.05, 0.1) is 30.0 Å². The van der Waals surface area contributed by atoms with Gasteiger partial charge in [0.15, 0.2) is 6.17 Å². The third-order valence-corrected chi connectivity index (χ3v) is 6.68. The third-order valence-electron chi connectivity index (χ3n) is 5.37. The zero-order valence-corrected chi connectivity index (χ0v) is 17.9. The number of hydrogen-bond donors (Lipinski definition) is 4. The van der Waals surface area contributed by atoms with Gasteiger partial charge in [-0.1, -0.05) is 5.18 Å². The number of halogens is 1. The molecule has 3 rings (SSSR count). The lowest BCUT2D eigenvalue weighted by molar-refractivity contribution is -0.122. The fourth-order valence-corrected chi connectivity index (χ4v) is 4.54. The summed E-state index contributed by atoms with van der Waals surface area (Å²) in [6.45, 7) is 1.55. The number of nitroso groups, excluding NO2 is 1. The van der Waals surface area contributed by atoms with E-state index in [0.717, 1.165) is 0 Å². The van der Waals surface area contributed by atoms with E-state index < -0.39 is 40.4 Å². The highest BCUT2D eigenvalue weighted by Gasteiger charge is 2.37. The van der Waals surface area contributed by atoms with Gasteiger partial charge in [-0.2, -0.15) is 4.31 Å². The molecule has 2 aliphatic rings. The van der Waals surface area contributed by atoms with Gasteiger partial charge in [0, 0.05) is 45.5 Å². The largest absolute Gasteiger partial charge is 0.367 e. The lowest BCUT2D eigenvalue weighted by Crippen LogP contribution is -2.62. The maximum Gasteiger partial charge on any atom is 0.234 e. The van der Waals surface area contributed by atoms with Crippen molar-refractivity contribution in [3.63, 3.8) is 0 Å². The maximum absolute atomic E-state index is 13.4. The number of sulfonamides is 1. The first-order valence-corrected chi connectivity index (χ1v) is 11.7. The molecule has 1 aromatic rings. The minimum Gasteiger partial charge on any atom is -0.367 e. The molecule has 12 nitrogen and oxygen atoms in total. The van der Waals surface area contributed by atoms with E-state index in [1.54, 1.807) is 12.3 Å². The second-order valence-corrected chi connectivity index (χ2v) is 9.53. The molecule has 1 amide bonds. The third kappa shape index (κ3) is 5.71. The highest BCUT2D eigenvalue weighted by atomic mass is 32.2. The number of piperazine rings is 1. The van der Waals surface area contributed by atoms with Crippen molar-refractivity contribution in [1.29, 1.82) is 0 Å². The van der Waals surface area contributed by atoms with Gasteiger partial charge in [0.2, 0.25) is 15.9 Å². The minimum absolute atomic E-state index is 0.0236. The van der Waals surface area contributed by atoms with Crippen LogP contribution in [0.4, 0.5) is 15.8 Å². The fourth-order valence-electron chi connectivity index (χ4n) is 3.71. The van der Waals surface area contributed by atoms with Crippen molar-refractivity contribution in [2.24, 2.45) is 16.8 Å². The smallest absolute Gasteiger partial charge is 0.234 e. The highest BCUT2D eigenvalue weighted by Crippen LogP contribution is 2.27. The number of carbonyl (C=O) groups is 1. The Morgan fingerprint density at radius 2 is 1.97 bits per heavy atom. The molecule has 2 atom stereocenters. The lowest BCUT2D eigenvalue weighted by atomic mass is 9.99. The number of carbonyl (C=O) groups excluding carboxylic acids is 1. The first-order chi connectivity index (χ1) is 14.7. The Hall–Kier alpha value is -2.26. The summed E-state index contributed by atoms with van der Waals surface area (Å²) in [4.78, 5) is 30.1. The molecule has 0 spiro atoms. The molecule has 0 radical (unpaired) electrons. The van der Waals surface area contributed by atoms with E-state index in [2.05, 4.69) is 26.1 Å². The van der Waals surface area contributed by atoms with Gasteiger partial charge in [-0.25, -0.2) is 12.8 Å². The Balaban J connectivity index is 1.74. The number of rotatable bonds is 7. The molecular weight excluding hydrogens is 431 g/mol. The number of hydrogen-bond acceptors (Lipinski definition) is 10. The molecule has 0 aromatic carbocycles. The molecule has 1 aromatic heterocycles. The Labute approximate surface area is 179 Å². The summed E-state index contributed by atoms with van der Waals surface area (Å²) in [5.41, 5.74) is 6.83. The first kappa shape index (κ1) is 23.4. The summed E-state index contributed by atoms with van der Waals surface area (Å²) < 4.78 is 38.3. The van der Waals surface area contributed by atoms with Crippen LogP contribution in [0.25, 0.3) is 0 Å². The van der Waals surface area contributed by atoms with Gasteiger partial charge in [-0.05, 0) is 6.07 Å². The van der Waals surface area contributed by atoms with Gasteiger partial charge < -0.3 is 16.0 Å². The summed E-state index contributed by atoms with van der Waals surface area (Å²) in [5.74, 6) is -1.65. The zero-order valence-electron chi connectivity index (χ0n) is 17.1. The first-order valence-electron chi connectivity index (χ1n) is 9.84. The standard InChI is InChI=1S/C17H27FN8O4S/c1-31(29,30)26-6-4-25(5-7-26)13-2-3-20-10-12(13)23-17(27)14(15(19)24-28)16-21-8-11(18)9-22-16/h2-3,10-11,14-16,21-22H,4-9,19H2,1H3,(H,23,27). The minimum atomic E-state index is -3.27. The molecule has 3 heterocycles. The number of nitrogens with two attached hydrogens (primary N) is 1. The SMILES string of the molecule is CS(=O)(=O)N1CCN(c2ccncc2NC(=O)C(C(N)N=O)C2NCC(F)CN2)CC1. The van der Waals surface area contributed by atoms with Gasteiger partial charge in [-0.3, -0.25) is 20.4 Å². The van der Waals surface area contributed by atoms with Crippen molar-refractivity contribution in [3.8, 4) is 0 Å². The van der Waals surface area contributed by atoms with Crippen LogP contribution in [-0.2, 0) is 14.8 Å². The topological polar surface area (TPSA) is 162 Å². The van der Waals surface area contributed by atoms with Crippen LogP contribution < -0.4 is 26.6 Å². The average Bonchev–Trinajstić information content (AvgIpc) is 2.75. The summed E-state index contributed by atoms with van der Waals surface area (Å²) in [6.07, 6.45) is 1.01. The van der Waals surface area contributed by atoms with Crippen molar-refractivity contribution >= 4 is 27.3 Å². The molecular formula is C17H27FN8O4S. The number of aromatic nitrogens is 1. The van der Waals surface area contributed by atoms with E-state index in [1.165, 1.54) is 16.8 Å². The number of alkyl halides is 1. The van der Waals surface area contributed by atoms with E-state index in [4.69, 9.17) is 5.73 Å². The Kier molecular flexibility index (Phi) is 7.48. The predicted molar refractivity (Wildman–Crippen MR) is 113 cm³/mol. The lowest BCUT2D eigenvalue weighted by Gasteiger charge is -2.36. The Morgan fingerprint density at radius 1 is 1.32 bits per heavy atom. The van der Waals surface area contributed by atoms with Gasteiger partial charge >= 0.3 is 0 Å². The molecule has 0 saturated carbocycles. The van der Waals surface area contributed by atoms with Crippen LogP contribution in [0.5, 0.6) is 0 Å². The Bertz CT molecular complexity index is 888. The van der Waals surface area contributed by atoms with Crippen molar-refractivity contribution < 1.29 is 17.6 Å². The molecule has 172 valence electrons. The van der Waals surface area contributed by atoms with Crippen LogP contribution >= 0.6 is 0 Å². The van der Waals surface area contributed by atoms with E-state index in [9.17, 15) is 22.5 Å². The van der Waals surface area contributed by atoms with Crippen LogP contribution in [0.1, 0.15) is 0 Å². The van der Waals surface area contributed by atoms with Gasteiger partial charge in [-0.15, -0.1) is 4.91 Å². The zero-order chi connectivity index (χ0) is 22.6. The molecule has 2 saturated heterocycles. The predicted octanol–water partition coefficient (Wildman–Crippen LogP) is -1.37.